The summed E-state index contributed by atoms with van der Waals surface area (Å²) in [6.07, 6.45) is 0.166. The summed E-state index contributed by atoms with van der Waals surface area (Å²) < 4.78 is 17.3. The Bertz CT molecular complexity index is 1590. The number of esters is 1. The van der Waals surface area contributed by atoms with Crippen LogP contribution in [0.4, 0.5) is 0 Å². The zero-order chi connectivity index (χ0) is 32.6. The molecule has 2 aromatic rings. The Kier molecular flexibility index (Phi) is 11.8. The minimum Gasteiger partial charge on any atom is -0.458 e. The predicted octanol–water partition coefficient (Wildman–Crippen LogP) is 8.40. The second-order valence-corrected chi connectivity index (χ2v) is 10.6. The van der Waals surface area contributed by atoms with Crippen LogP contribution in [0.1, 0.15) is 58.2 Å². The number of rotatable bonds is 15. The normalized spacial score (nSPS) is 11.0. The van der Waals surface area contributed by atoms with Crippen LogP contribution in [0.3, 0.4) is 0 Å². The summed E-state index contributed by atoms with van der Waals surface area (Å²) in [5.41, 5.74) is 4.88. The molecule has 6 nitrogen and oxygen atoms in total. The van der Waals surface area contributed by atoms with Gasteiger partial charge in [0.2, 0.25) is 0 Å². The number of Topliss-reactive ketones (excluding diaryl/α,β-unsaturated/α-hetero) is 2. The summed E-state index contributed by atoms with van der Waals surface area (Å²) >= 11 is 0. The van der Waals surface area contributed by atoms with Gasteiger partial charge >= 0.3 is 5.97 Å². The number of ketones is 2. The van der Waals surface area contributed by atoms with Crippen LogP contribution in [0.15, 0.2) is 115 Å². The molecular formula is C37H40O6. The van der Waals surface area contributed by atoms with Crippen LogP contribution in [0.25, 0.3) is 5.57 Å². The average molecular weight is 581 g/mol. The first-order valence-electron chi connectivity index (χ1n) is 13.6. The maximum atomic E-state index is 13.6. The molecule has 0 aliphatic carbocycles. The molecule has 224 valence electrons. The quantitative estimate of drug-likeness (QED) is 0.0692. The van der Waals surface area contributed by atoms with E-state index in [0.717, 1.165) is 5.56 Å². The van der Waals surface area contributed by atoms with E-state index in [0.29, 0.717) is 62.0 Å². The van der Waals surface area contributed by atoms with Gasteiger partial charge in [0.1, 0.15) is 28.8 Å². The van der Waals surface area contributed by atoms with Crippen LogP contribution >= 0.6 is 0 Å². The van der Waals surface area contributed by atoms with Crippen molar-refractivity contribution in [3.05, 3.63) is 132 Å². The van der Waals surface area contributed by atoms with Gasteiger partial charge in [-0.25, -0.2) is 4.79 Å². The van der Waals surface area contributed by atoms with Gasteiger partial charge in [0.05, 0.1) is 0 Å². The van der Waals surface area contributed by atoms with E-state index in [2.05, 4.69) is 39.5 Å². The third kappa shape index (κ3) is 9.54. The van der Waals surface area contributed by atoms with Crippen LogP contribution in [0, 0.1) is 0 Å². The molecule has 0 bridgehead atoms. The van der Waals surface area contributed by atoms with E-state index in [9.17, 15) is 14.4 Å². The van der Waals surface area contributed by atoms with Crippen molar-refractivity contribution in [3.63, 3.8) is 0 Å². The minimum absolute atomic E-state index is 0.0111. The monoisotopic (exact) mass is 580 g/mol. The first kappa shape index (κ1) is 34.2. The lowest BCUT2D eigenvalue weighted by Gasteiger charge is -2.17. The third-order valence-corrected chi connectivity index (χ3v) is 6.64. The van der Waals surface area contributed by atoms with Crippen molar-refractivity contribution < 1.29 is 28.6 Å². The molecule has 0 radical (unpaired) electrons. The fourth-order valence-electron chi connectivity index (χ4n) is 3.60. The Morgan fingerprint density at radius 3 is 1.77 bits per heavy atom. The molecule has 2 rings (SSSR count). The smallest absolute Gasteiger partial charge is 0.338 e. The summed E-state index contributed by atoms with van der Waals surface area (Å²) in [7, 11) is 0. The van der Waals surface area contributed by atoms with E-state index in [-0.39, 0.29) is 35.7 Å². The van der Waals surface area contributed by atoms with Crippen molar-refractivity contribution in [1.29, 1.82) is 0 Å². The molecule has 0 aromatic heterocycles. The first-order chi connectivity index (χ1) is 20.0. The van der Waals surface area contributed by atoms with Gasteiger partial charge in [-0.15, -0.1) is 0 Å². The lowest BCUT2D eigenvalue weighted by atomic mass is 9.94. The molecule has 0 unspecified atom stereocenters. The largest absolute Gasteiger partial charge is 0.458 e. The molecule has 0 N–H and O–H groups in total. The maximum absolute atomic E-state index is 13.6. The highest BCUT2D eigenvalue weighted by atomic mass is 16.5. The van der Waals surface area contributed by atoms with E-state index in [1.165, 1.54) is 0 Å². The number of carbonyl (C=O) groups excluding carboxylic acids is 3. The number of hydrogen-bond acceptors (Lipinski definition) is 6. The van der Waals surface area contributed by atoms with Crippen LogP contribution in [0.5, 0.6) is 17.2 Å². The topological polar surface area (TPSA) is 78.9 Å². The predicted molar refractivity (Wildman–Crippen MR) is 173 cm³/mol. The molecular weight excluding hydrogens is 540 g/mol. The molecule has 43 heavy (non-hydrogen) atoms. The zero-order valence-electron chi connectivity index (χ0n) is 26.1. The summed E-state index contributed by atoms with van der Waals surface area (Å²) in [6.45, 7) is 33.0. The molecule has 0 atom stereocenters. The Labute approximate surface area is 255 Å². The lowest BCUT2D eigenvalue weighted by Crippen LogP contribution is -2.11. The molecule has 0 saturated heterocycles. The highest BCUT2D eigenvalue weighted by molar-refractivity contribution is 6.04. The fourth-order valence-corrected chi connectivity index (χ4v) is 3.60. The molecule has 2 aromatic carbocycles. The number of allylic oxidation sites excluding steroid dienone is 5. The third-order valence-electron chi connectivity index (χ3n) is 6.64. The molecule has 0 amide bonds. The van der Waals surface area contributed by atoms with Crippen molar-refractivity contribution in [2.75, 3.05) is 0 Å². The van der Waals surface area contributed by atoms with Crippen LogP contribution in [-0.4, -0.2) is 17.5 Å². The van der Waals surface area contributed by atoms with Crippen LogP contribution in [0.2, 0.25) is 0 Å². The maximum Gasteiger partial charge on any atom is 0.338 e. The van der Waals surface area contributed by atoms with Gasteiger partial charge in [-0.1, -0.05) is 51.6 Å². The summed E-state index contributed by atoms with van der Waals surface area (Å²) in [5, 5.41) is 0. The molecule has 0 heterocycles. The van der Waals surface area contributed by atoms with E-state index in [1.807, 2.05) is 0 Å². The van der Waals surface area contributed by atoms with Crippen molar-refractivity contribution in [2.45, 2.75) is 54.4 Å². The summed E-state index contributed by atoms with van der Waals surface area (Å²) in [5.74, 6) is 0.842. The van der Waals surface area contributed by atoms with Gasteiger partial charge in [-0.05, 0) is 93.2 Å². The van der Waals surface area contributed by atoms with Crippen LogP contribution in [-0.2, 0) is 27.2 Å². The van der Waals surface area contributed by atoms with E-state index < -0.39 is 5.97 Å². The van der Waals surface area contributed by atoms with Gasteiger partial charge in [0.25, 0.3) is 0 Å². The lowest BCUT2D eigenvalue weighted by molar-refractivity contribution is -0.130. The molecule has 6 heteroatoms. The van der Waals surface area contributed by atoms with E-state index in [4.69, 9.17) is 14.2 Å². The van der Waals surface area contributed by atoms with Crippen molar-refractivity contribution in [3.8, 4) is 17.2 Å². The SMILES string of the molecule is C=C(C)C(=C)Oc1ccc(/C(C)=C(\C)C(=O)Cc2ccc(CC(=O)C(=C)C)cc2OC(=C)C(=C)C)c(OC(=O)C(=C)C)c1. The Hall–Kier alpha value is -4.97. The van der Waals surface area contributed by atoms with E-state index in [1.54, 1.807) is 77.9 Å². The van der Waals surface area contributed by atoms with Crippen molar-refractivity contribution in [1.82, 2.24) is 0 Å². The molecule has 0 fully saturated rings. The van der Waals surface area contributed by atoms with Gasteiger partial charge < -0.3 is 14.2 Å². The van der Waals surface area contributed by atoms with Gasteiger partial charge in [0.15, 0.2) is 11.6 Å². The highest BCUT2D eigenvalue weighted by Gasteiger charge is 2.19. The number of hydrogen-bond donors (Lipinski definition) is 0. The van der Waals surface area contributed by atoms with Gasteiger partial charge in [0, 0.05) is 35.6 Å². The Morgan fingerprint density at radius 2 is 1.21 bits per heavy atom. The fraction of sp³-hybridized carbons (Fsp3) is 0.216. The van der Waals surface area contributed by atoms with E-state index >= 15 is 0 Å². The number of carbonyl (C=O) groups is 3. The first-order valence-corrected chi connectivity index (χ1v) is 13.6. The van der Waals surface area contributed by atoms with Gasteiger partial charge in [-0.2, -0.15) is 0 Å². The van der Waals surface area contributed by atoms with Crippen LogP contribution < -0.4 is 14.2 Å². The highest BCUT2D eigenvalue weighted by Crippen LogP contribution is 2.34. The Morgan fingerprint density at radius 1 is 0.605 bits per heavy atom. The number of benzene rings is 2. The van der Waals surface area contributed by atoms with Crippen molar-refractivity contribution in [2.24, 2.45) is 0 Å². The Balaban J connectivity index is 2.51. The van der Waals surface area contributed by atoms with Gasteiger partial charge in [-0.3, -0.25) is 9.59 Å². The average Bonchev–Trinajstić information content (AvgIpc) is 2.93. The number of ether oxygens (including phenoxy) is 3. The molecule has 0 aliphatic rings. The minimum atomic E-state index is -0.612. The van der Waals surface area contributed by atoms with Crippen molar-refractivity contribution >= 4 is 23.1 Å². The second-order valence-electron chi connectivity index (χ2n) is 10.6. The second kappa shape index (κ2) is 14.8. The summed E-state index contributed by atoms with van der Waals surface area (Å²) in [6, 6.07) is 10.3. The molecule has 0 spiro atoms. The molecule has 0 aliphatic heterocycles. The summed E-state index contributed by atoms with van der Waals surface area (Å²) in [4.78, 5) is 38.3. The zero-order valence-corrected chi connectivity index (χ0v) is 26.1. The molecule has 0 saturated carbocycles. The standard InChI is InChI=1S/C37H40O6/c1-21(2)27(11)41-31-15-16-32(36(20-31)43-37(40)24(7)8)25(9)26(10)34(39)19-30-14-13-29(17-33(38)23(5)6)18-35(30)42-28(12)22(3)4/h13-16,18,20H,1,3,5,7,11-12,17,19H2,2,4,6,8-10H3/b26-25+.